The van der Waals surface area contributed by atoms with E-state index in [4.69, 9.17) is 19.3 Å². The highest BCUT2D eigenvalue weighted by Gasteiger charge is 2.05. The van der Waals surface area contributed by atoms with Crippen molar-refractivity contribution in [1.29, 1.82) is 0 Å². The van der Waals surface area contributed by atoms with Gasteiger partial charge < -0.3 is 24.6 Å². The summed E-state index contributed by atoms with van der Waals surface area (Å²) in [6, 6.07) is 5.91. The van der Waals surface area contributed by atoms with Crippen molar-refractivity contribution in [3.05, 3.63) is 23.8 Å². The molecule has 0 amide bonds. The SMILES string of the molecule is CCCNCc1ccc(OC)c(OCCOCCO)c1. The minimum Gasteiger partial charge on any atom is -0.493 e. The molecule has 0 aromatic heterocycles. The molecule has 0 fully saturated rings. The second-order valence-electron chi connectivity index (χ2n) is 4.35. The van der Waals surface area contributed by atoms with Crippen LogP contribution < -0.4 is 14.8 Å². The topological polar surface area (TPSA) is 60.0 Å². The zero-order chi connectivity index (χ0) is 14.6. The lowest BCUT2D eigenvalue weighted by Crippen LogP contribution is -2.14. The van der Waals surface area contributed by atoms with E-state index in [1.165, 1.54) is 0 Å². The second kappa shape index (κ2) is 10.5. The van der Waals surface area contributed by atoms with Crippen LogP contribution in [0.15, 0.2) is 18.2 Å². The summed E-state index contributed by atoms with van der Waals surface area (Å²) in [5, 5.41) is 12.0. The van der Waals surface area contributed by atoms with Crippen LogP contribution in [0.3, 0.4) is 0 Å². The number of rotatable bonds is 11. The van der Waals surface area contributed by atoms with Crippen molar-refractivity contribution in [3.8, 4) is 11.5 Å². The van der Waals surface area contributed by atoms with Gasteiger partial charge in [0, 0.05) is 6.54 Å². The van der Waals surface area contributed by atoms with Gasteiger partial charge in [0.2, 0.25) is 0 Å². The highest BCUT2D eigenvalue weighted by atomic mass is 16.5. The van der Waals surface area contributed by atoms with Crippen LogP contribution in [0.4, 0.5) is 0 Å². The molecule has 20 heavy (non-hydrogen) atoms. The van der Waals surface area contributed by atoms with Crippen LogP contribution >= 0.6 is 0 Å². The third-order valence-corrected chi connectivity index (χ3v) is 2.70. The summed E-state index contributed by atoms with van der Waals surface area (Å²) in [6.07, 6.45) is 1.11. The molecule has 0 atom stereocenters. The van der Waals surface area contributed by atoms with Crippen molar-refractivity contribution in [2.45, 2.75) is 19.9 Å². The number of hydrogen-bond acceptors (Lipinski definition) is 5. The van der Waals surface area contributed by atoms with E-state index >= 15 is 0 Å². The van der Waals surface area contributed by atoms with Gasteiger partial charge in [-0.05, 0) is 30.7 Å². The number of hydrogen-bond donors (Lipinski definition) is 2. The summed E-state index contributed by atoms with van der Waals surface area (Å²) in [6.45, 7) is 5.20. The molecule has 1 aromatic rings. The number of nitrogens with one attached hydrogen (secondary N) is 1. The van der Waals surface area contributed by atoms with Crippen LogP contribution in [0, 0.1) is 0 Å². The highest BCUT2D eigenvalue weighted by Crippen LogP contribution is 2.27. The van der Waals surface area contributed by atoms with E-state index in [1.54, 1.807) is 7.11 Å². The van der Waals surface area contributed by atoms with E-state index in [9.17, 15) is 0 Å². The molecular weight excluding hydrogens is 258 g/mol. The van der Waals surface area contributed by atoms with Crippen LogP contribution in [0.5, 0.6) is 11.5 Å². The van der Waals surface area contributed by atoms with Gasteiger partial charge in [-0.15, -0.1) is 0 Å². The fraction of sp³-hybridized carbons (Fsp3) is 0.600. The van der Waals surface area contributed by atoms with Gasteiger partial charge in [0.05, 0.1) is 26.9 Å². The third kappa shape index (κ3) is 6.23. The van der Waals surface area contributed by atoms with Gasteiger partial charge in [-0.2, -0.15) is 0 Å². The predicted molar refractivity (Wildman–Crippen MR) is 78.4 cm³/mol. The molecule has 0 unspecified atom stereocenters. The Labute approximate surface area is 120 Å². The van der Waals surface area contributed by atoms with Crippen LogP contribution in [0.2, 0.25) is 0 Å². The summed E-state index contributed by atoms with van der Waals surface area (Å²) in [4.78, 5) is 0. The zero-order valence-corrected chi connectivity index (χ0v) is 12.4. The minimum atomic E-state index is 0.0297. The van der Waals surface area contributed by atoms with Crippen molar-refractivity contribution in [3.63, 3.8) is 0 Å². The zero-order valence-electron chi connectivity index (χ0n) is 12.4. The van der Waals surface area contributed by atoms with Gasteiger partial charge in [0.1, 0.15) is 6.61 Å². The summed E-state index contributed by atoms with van der Waals surface area (Å²) in [7, 11) is 1.62. The molecule has 2 N–H and O–H groups in total. The molecule has 0 bridgehead atoms. The first-order valence-corrected chi connectivity index (χ1v) is 7.00. The fourth-order valence-corrected chi connectivity index (χ4v) is 1.73. The molecule has 5 nitrogen and oxygen atoms in total. The van der Waals surface area contributed by atoms with Gasteiger partial charge in [0.15, 0.2) is 11.5 Å². The Balaban J connectivity index is 2.50. The lowest BCUT2D eigenvalue weighted by molar-refractivity contribution is 0.0698. The minimum absolute atomic E-state index is 0.0297. The molecule has 0 aliphatic heterocycles. The quantitative estimate of drug-likeness (QED) is 0.604. The van der Waals surface area contributed by atoms with E-state index < -0.39 is 0 Å². The van der Waals surface area contributed by atoms with Crippen molar-refractivity contribution in [1.82, 2.24) is 5.32 Å². The number of aliphatic hydroxyl groups excluding tert-OH is 1. The van der Waals surface area contributed by atoms with Crippen molar-refractivity contribution in [2.75, 3.05) is 40.1 Å². The Hall–Kier alpha value is -1.30. The lowest BCUT2D eigenvalue weighted by Gasteiger charge is -2.13. The number of benzene rings is 1. The van der Waals surface area contributed by atoms with Crippen molar-refractivity contribution >= 4 is 0 Å². The largest absolute Gasteiger partial charge is 0.493 e. The monoisotopic (exact) mass is 283 g/mol. The predicted octanol–water partition coefficient (Wildman–Crippen LogP) is 1.58. The summed E-state index contributed by atoms with van der Waals surface area (Å²) < 4.78 is 16.1. The molecule has 5 heteroatoms. The van der Waals surface area contributed by atoms with Gasteiger partial charge >= 0.3 is 0 Å². The molecule has 0 aliphatic rings. The van der Waals surface area contributed by atoms with Crippen LogP contribution in [-0.2, 0) is 11.3 Å². The number of aliphatic hydroxyl groups is 1. The number of methoxy groups -OCH3 is 1. The molecule has 0 spiro atoms. The second-order valence-corrected chi connectivity index (χ2v) is 4.35. The Morgan fingerprint density at radius 2 is 2.00 bits per heavy atom. The molecule has 1 aromatic carbocycles. The highest BCUT2D eigenvalue weighted by molar-refractivity contribution is 5.42. The molecule has 0 radical (unpaired) electrons. The third-order valence-electron chi connectivity index (χ3n) is 2.70. The Bertz CT molecular complexity index is 371. The van der Waals surface area contributed by atoms with Crippen LogP contribution in [0.25, 0.3) is 0 Å². The van der Waals surface area contributed by atoms with E-state index in [0.717, 1.165) is 30.8 Å². The molecule has 0 saturated carbocycles. The first-order valence-electron chi connectivity index (χ1n) is 7.00. The van der Waals surface area contributed by atoms with Gasteiger partial charge in [-0.25, -0.2) is 0 Å². The van der Waals surface area contributed by atoms with Gasteiger partial charge in [-0.1, -0.05) is 13.0 Å². The summed E-state index contributed by atoms with van der Waals surface area (Å²) in [5.74, 6) is 1.43. The maximum Gasteiger partial charge on any atom is 0.161 e. The first kappa shape index (κ1) is 16.8. The van der Waals surface area contributed by atoms with Gasteiger partial charge in [-0.3, -0.25) is 0 Å². The fourth-order valence-electron chi connectivity index (χ4n) is 1.73. The van der Waals surface area contributed by atoms with Crippen molar-refractivity contribution < 1.29 is 19.3 Å². The normalized spacial score (nSPS) is 10.6. The van der Waals surface area contributed by atoms with Crippen LogP contribution in [-0.4, -0.2) is 45.2 Å². The van der Waals surface area contributed by atoms with E-state index in [2.05, 4.69) is 12.2 Å². The summed E-state index contributed by atoms with van der Waals surface area (Å²) in [5.41, 5.74) is 1.16. The van der Waals surface area contributed by atoms with E-state index in [0.29, 0.717) is 25.6 Å². The Kier molecular flexibility index (Phi) is 8.78. The van der Waals surface area contributed by atoms with Gasteiger partial charge in [0.25, 0.3) is 0 Å². The number of ether oxygens (including phenoxy) is 3. The molecule has 0 saturated heterocycles. The maximum absolute atomic E-state index is 8.61. The van der Waals surface area contributed by atoms with Crippen molar-refractivity contribution in [2.24, 2.45) is 0 Å². The molecular formula is C15H25NO4. The van der Waals surface area contributed by atoms with Crippen LogP contribution in [0.1, 0.15) is 18.9 Å². The molecule has 114 valence electrons. The summed E-state index contributed by atoms with van der Waals surface area (Å²) >= 11 is 0. The molecule has 0 aliphatic carbocycles. The standard InChI is InChI=1S/C15H25NO4/c1-3-6-16-12-13-4-5-14(18-2)15(11-13)20-10-9-19-8-7-17/h4-5,11,16-17H,3,6-10,12H2,1-2H3. The average Bonchev–Trinajstić information content (AvgIpc) is 2.47. The molecule has 1 rings (SSSR count). The van der Waals surface area contributed by atoms with E-state index in [-0.39, 0.29) is 6.61 Å². The van der Waals surface area contributed by atoms with E-state index in [1.807, 2.05) is 18.2 Å². The lowest BCUT2D eigenvalue weighted by atomic mass is 10.2. The molecule has 0 heterocycles. The Morgan fingerprint density at radius 1 is 1.15 bits per heavy atom. The first-order chi connectivity index (χ1) is 9.81. The smallest absolute Gasteiger partial charge is 0.161 e. The maximum atomic E-state index is 8.61. The average molecular weight is 283 g/mol. The Morgan fingerprint density at radius 3 is 2.70 bits per heavy atom.